The topological polar surface area (TPSA) is 42.4 Å². The number of aliphatic hydroxyl groups excluding tert-OH is 1. The molecule has 1 heterocycles. The van der Waals surface area contributed by atoms with Gasteiger partial charge >= 0.3 is 0 Å². The zero-order valence-corrected chi connectivity index (χ0v) is 9.94. The van der Waals surface area contributed by atoms with E-state index in [0.29, 0.717) is 6.61 Å². The minimum absolute atomic E-state index is 0.0606. The molecule has 2 rings (SSSR count). The number of hydrogen-bond donors (Lipinski definition) is 1. The third-order valence-corrected chi connectivity index (χ3v) is 3.22. The number of aromatic nitrogens is 1. The third kappa shape index (κ3) is 2.35. The van der Waals surface area contributed by atoms with Crippen molar-refractivity contribution in [1.29, 1.82) is 0 Å². The Morgan fingerprint density at radius 2 is 2.25 bits per heavy atom. The standard InChI is InChI=1S/C13H19NO2/c1-3-6-16-11-7-10(8-14-9-11)12(15)13(2)4-5-13/h7-9,12,15H,3-6H2,1-2H3. The van der Waals surface area contributed by atoms with Crippen LogP contribution in [0, 0.1) is 5.41 Å². The van der Waals surface area contributed by atoms with Crippen molar-refractivity contribution in [3.8, 4) is 5.75 Å². The van der Waals surface area contributed by atoms with Gasteiger partial charge in [0.2, 0.25) is 0 Å². The highest BCUT2D eigenvalue weighted by molar-refractivity contribution is 5.27. The molecular weight excluding hydrogens is 202 g/mol. The molecule has 1 saturated carbocycles. The first-order chi connectivity index (χ1) is 7.65. The molecule has 0 saturated heterocycles. The van der Waals surface area contributed by atoms with E-state index in [0.717, 1.165) is 30.6 Å². The predicted molar refractivity (Wildman–Crippen MR) is 62.3 cm³/mol. The van der Waals surface area contributed by atoms with Crippen molar-refractivity contribution < 1.29 is 9.84 Å². The Kier molecular flexibility index (Phi) is 3.15. The summed E-state index contributed by atoms with van der Waals surface area (Å²) in [7, 11) is 0. The van der Waals surface area contributed by atoms with E-state index in [2.05, 4.69) is 18.8 Å². The summed E-state index contributed by atoms with van der Waals surface area (Å²) >= 11 is 0. The van der Waals surface area contributed by atoms with Crippen molar-refractivity contribution in [3.63, 3.8) is 0 Å². The number of ether oxygens (including phenoxy) is 1. The molecule has 1 aromatic heterocycles. The van der Waals surface area contributed by atoms with Crippen molar-refractivity contribution in [2.45, 2.75) is 39.2 Å². The maximum absolute atomic E-state index is 10.2. The highest BCUT2D eigenvalue weighted by Crippen LogP contribution is 2.54. The Morgan fingerprint density at radius 3 is 2.88 bits per heavy atom. The average Bonchev–Trinajstić information content (AvgIpc) is 3.05. The SMILES string of the molecule is CCCOc1cncc(C(O)C2(C)CC2)c1. The first kappa shape index (κ1) is 11.4. The lowest BCUT2D eigenvalue weighted by Crippen LogP contribution is -2.10. The lowest BCUT2D eigenvalue weighted by Gasteiger charge is -2.18. The van der Waals surface area contributed by atoms with Gasteiger partial charge in [0.15, 0.2) is 0 Å². The largest absolute Gasteiger partial charge is 0.492 e. The summed E-state index contributed by atoms with van der Waals surface area (Å²) in [6, 6.07) is 1.90. The molecule has 0 radical (unpaired) electrons. The number of aliphatic hydroxyl groups is 1. The van der Waals surface area contributed by atoms with Crippen molar-refractivity contribution in [1.82, 2.24) is 4.98 Å². The van der Waals surface area contributed by atoms with Crippen molar-refractivity contribution in [3.05, 3.63) is 24.0 Å². The molecule has 3 nitrogen and oxygen atoms in total. The summed E-state index contributed by atoms with van der Waals surface area (Å²) in [5.74, 6) is 0.752. The monoisotopic (exact) mass is 221 g/mol. The van der Waals surface area contributed by atoms with Gasteiger partial charge in [0, 0.05) is 11.8 Å². The van der Waals surface area contributed by atoms with E-state index in [9.17, 15) is 5.11 Å². The fourth-order valence-electron chi connectivity index (χ4n) is 1.76. The number of pyridine rings is 1. The van der Waals surface area contributed by atoms with E-state index < -0.39 is 6.10 Å². The van der Waals surface area contributed by atoms with Crippen LogP contribution in [-0.4, -0.2) is 16.7 Å². The van der Waals surface area contributed by atoms with Gasteiger partial charge in [0.25, 0.3) is 0 Å². The van der Waals surface area contributed by atoms with Gasteiger partial charge in [-0.25, -0.2) is 0 Å². The van der Waals surface area contributed by atoms with Crippen LogP contribution in [-0.2, 0) is 0 Å². The van der Waals surface area contributed by atoms with E-state index in [4.69, 9.17) is 4.74 Å². The molecule has 1 aliphatic carbocycles. The Morgan fingerprint density at radius 1 is 1.50 bits per heavy atom. The number of hydrogen-bond acceptors (Lipinski definition) is 3. The van der Waals surface area contributed by atoms with Gasteiger partial charge in [-0.2, -0.15) is 0 Å². The van der Waals surface area contributed by atoms with Gasteiger partial charge in [-0.05, 0) is 30.7 Å². The van der Waals surface area contributed by atoms with Crippen molar-refractivity contribution >= 4 is 0 Å². The first-order valence-electron chi connectivity index (χ1n) is 5.91. The zero-order chi connectivity index (χ0) is 11.6. The minimum atomic E-state index is -0.412. The molecule has 1 unspecified atom stereocenters. The number of rotatable bonds is 5. The Bertz CT molecular complexity index is 361. The van der Waals surface area contributed by atoms with Crippen LogP contribution in [0.5, 0.6) is 5.75 Å². The third-order valence-electron chi connectivity index (χ3n) is 3.22. The summed E-state index contributed by atoms with van der Waals surface area (Å²) in [6.45, 7) is 4.87. The molecule has 3 heteroatoms. The van der Waals surface area contributed by atoms with E-state index in [-0.39, 0.29) is 5.41 Å². The molecule has 1 fully saturated rings. The molecule has 16 heavy (non-hydrogen) atoms. The lowest BCUT2D eigenvalue weighted by atomic mass is 9.96. The molecule has 1 aromatic rings. The van der Waals surface area contributed by atoms with Crippen molar-refractivity contribution in [2.75, 3.05) is 6.61 Å². The van der Waals surface area contributed by atoms with E-state index >= 15 is 0 Å². The van der Waals surface area contributed by atoms with Gasteiger partial charge in [-0.15, -0.1) is 0 Å². The average molecular weight is 221 g/mol. The second-order valence-corrected chi connectivity index (χ2v) is 4.86. The lowest BCUT2D eigenvalue weighted by molar-refractivity contribution is 0.103. The first-order valence-corrected chi connectivity index (χ1v) is 5.91. The molecule has 1 atom stereocenters. The molecule has 0 aromatic carbocycles. The minimum Gasteiger partial charge on any atom is -0.492 e. The van der Waals surface area contributed by atoms with Crippen LogP contribution in [0.2, 0.25) is 0 Å². The Balaban J connectivity index is 2.09. The van der Waals surface area contributed by atoms with Crippen LogP contribution in [0.1, 0.15) is 44.8 Å². The summed E-state index contributed by atoms with van der Waals surface area (Å²) in [5, 5.41) is 10.2. The molecule has 1 N–H and O–H groups in total. The van der Waals surface area contributed by atoms with E-state index in [1.54, 1.807) is 12.4 Å². The normalized spacial score (nSPS) is 19.2. The Labute approximate surface area is 96.5 Å². The van der Waals surface area contributed by atoms with E-state index in [1.807, 2.05) is 6.07 Å². The maximum atomic E-state index is 10.2. The van der Waals surface area contributed by atoms with Gasteiger partial charge in [-0.1, -0.05) is 13.8 Å². The van der Waals surface area contributed by atoms with Gasteiger partial charge in [0.1, 0.15) is 5.75 Å². The molecule has 0 spiro atoms. The molecule has 1 aliphatic rings. The van der Waals surface area contributed by atoms with Gasteiger partial charge in [0.05, 0.1) is 18.9 Å². The fraction of sp³-hybridized carbons (Fsp3) is 0.615. The van der Waals surface area contributed by atoms with Crippen LogP contribution in [0.15, 0.2) is 18.5 Å². The van der Waals surface area contributed by atoms with Gasteiger partial charge < -0.3 is 9.84 Å². The second kappa shape index (κ2) is 4.42. The molecular formula is C13H19NO2. The summed E-state index contributed by atoms with van der Waals surface area (Å²) in [4.78, 5) is 4.11. The van der Waals surface area contributed by atoms with Crippen LogP contribution in [0.25, 0.3) is 0 Å². The quantitative estimate of drug-likeness (QED) is 0.831. The second-order valence-electron chi connectivity index (χ2n) is 4.86. The highest BCUT2D eigenvalue weighted by atomic mass is 16.5. The highest BCUT2D eigenvalue weighted by Gasteiger charge is 2.44. The Hall–Kier alpha value is -1.09. The summed E-state index contributed by atoms with van der Waals surface area (Å²) in [5.41, 5.74) is 0.930. The molecule has 88 valence electrons. The van der Waals surface area contributed by atoms with Crippen molar-refractivity contribution in [2.24, 2.45) is 5.41 Å². The van der Waals surface area contributed by atoms with Crippen LogP contribution in [0.4, 0.5) is 0 Å². The van der Waals surface area contributed by atoms with E-state index in [1.165, 1.54) is 0 Å². The molecule has 0 bridgehead atoms. The fourth-order valence-corrected chi connectivity index (χ4v) is 1.76. The van der Waals surface area contributed by atoms with Crippen LogP contribution >= 0.6 is 0 Å². The number of nitrogens with zero attached hydrogens (tertiary/aromatic N) is 1. The molecule has 0 aliphatic heterocycles. The predicted octanol–water partition coefficient (Wildman–Crippen LogP) is 2.70. The summed E-state index contributed by atoms with van der Waals surface area (Å²) < 4.78 is 5.51. The van der Waals surface area contributed by atoms with Gasteiger partial charge in [-0.3, -0.25) is 4.98 Å². The molecule has 0 amide bonds. The smallest absolute Gasteiger partial charge is 0.137 e. The van der Waals surface area contributed by atoms with Crippen LogP contribution < -0.4 is 4.74 Å². The zero-order valence-electron chi connectivity index (χ0n) is 9.94. The van der Waals surface area contributed by atoms with Crippen LogP contribution in [0.3, 0.4) is 0 Å². The maximum Gasteiger partial charge on any atom is 0.137 e. The summed E-state index contributed by atoms with van der Waals surface area (Å²) in [6.07, 6.45) is 6.17.